The second kappa shape index (κ2) is 5.77. The first-order valence-corrected chi connectivity index (χ1v) is 5.84. The first-order valence-electron chi connectivity index (χ1n) is 5.84. The third-order valence-electron chi connectivity index (χ3n) is 2.64. The Morgan fingerprint density at radius 1 is 1.00 bits per heavy atom. The number of hydrogen-bond acceptors (Lipinski definition) is 2. The molecule has 0 atom stereocenters. The van der Waals surface area contributed by atoms with Gasteiger partial charge in [-0.3, -0.25) is 4.79 Å². The molecule has 0 radical (unpaired) electrons. The number of benzene rings is 2. The molecule has 2 nitrogen and oxygen atoms in total. The molecule has 0 heterocycles. The van der Waals surface area contributed by atoms with E-state index in [2.05, 4.69) is 4.74 Å². The number of carbonyl (C=O) groups excluding carboxylic acids is 1. The van der Waals surface area contributed by atoms with E-state index in [0.717, 1.165) is 11.1 Å². The van der Waals surface area contributed by atoms with Crippen LogP contribution in [0, 0.1) is 0 Å². The quantitative estimate of drug-likeness (QED) is 0.788. The highest BCUT2D eigenvalue weighted by molar-refractivity contribution is 5.83. The molecule has 104 valence electrons. The van der Waals surface area contributed by atoms with Crippen LogP contribution in [0.3, 0.4) is 0 Å². The molecule has 0 bridgehead atoms. The summed E-state index contributed by atoms with van der Waals surface area (Å²) in [7, 11) is 0. The number of rotatable bonds is 4. The van der Waals surface area contributed by atoms with Gasteiger partial charge >= 0.3 is 6.18 Å². The van der Waals surface area contributed by atoms with E-state index in [1.165, 1.54) is 12.1 Å². The minimum atomic E-state index is -4.43. The Labute approximate surface area is 113 Å². The van der Waals surface area contributed by atoms with Gasteiger partial charge in [0.15, 0.2) is 12.9 Å². The Morgan fingerprint density at radius 3 is 2.30 bits per heavy atom. The summed E-state index contributed by atoms with van der Waals surface area (Å²) in [5.41, 5.74) is 1.71. The van der Waals surface area contributed by atoms with E-state index < -0.39 is 12.8 Å². The summed E-state index contributed by atoms with van der Waals surface area (Å²) in [6, 6.07) is 13.7. The lowest BCUT2D eigenvalue weighted by molar-refractivity contribution is -0.153. The van der Waals surface area contributed by atoms with Crippen LogP contribution in [-0.4, -0.2) is 19.1 Å². The monoisotopic (exact) mass is 280 g/mol. The molecule has 5 heteroatoms. The zero-order chi connectivity index (χ0) is 14.6. The van der Waals surface area contributed by atoms with Gasteiger partial charge in [-0.1, -0.05) is 36.4 Å². The highest BCUT2D eigenvalue weighted by Crippen LogP contribution is 2.27. The van der Waals surface area contributed by atoms with E-state index in [4.69, 9.17) is 0 Å². The van der Waals surface area contributed by atoms with Crippen LogP contribution in [0.4, 0.5) is 13.2 Å². The average molecular weight is 280 g/mol. The molecule has 0 fully saturated rings. The van der Waals surface area contributed by atoms with Crippen LogP contribution < -0.4 is 4.74 Å². The lowest BCUT2D eigenvalue weighted by Gasteiger charge is -2.12. The standard InChI is InChI=1S/C15H11F3O2/c16-15(17,18)10-20-14-7-6-12(8-13(14)9-19)11-4-2-1-3-5-11/h1-9H,10H2. The van der Waals surface area contributed by atoms with Crippen LogP contribution in [0.25, 0.3) is 11.1 Å². The van der Waals surface area contributed by atoms with Crippen molar-refractivity contribution in [2.24, 2.45) is 0 Å². The fourth-order valence-electron chi connectivity index (χ4n) is 1.74. The second-order valence-corrected chi connectivity index (χ2v) is 4.14. The topological polar surface area (TPSA) is 26.3 Å². The van der Waals surface area contributed by atoms with Crippen molar-refractivity contribution in [3.05, 3.63) is 54.1 Å². The van der Waals surface area contributed by atoms with Gasteiger partial charge in [0.05, 0.1) is 5.56 Å². The van der Waals surface area contributed by atoms with Gasteiger partial charge in [0.25, 0.3) is 0 Å². The SMILES string of the molecule is O=Cc1cc(-c2ccccc2)ccc1OCC(F)(F)F. The van der Waals surface area contributed by atoms with E-state index in [1.54, 1.807) is 6.07 Å². The van der Waals surface area contributed by atoms with E-state index in [-0.39, 0.29) is 11.3 Å². The molecule has 20 heavy (non-hydrogen) atoms. The van der Waals surface area contributed by atoms with E-state index >= 15 is 0 Å². The molecule has 2 aromatic carbocycles. The van der Waals surface area contributed by atoms with Crippen molar-refractivity contribution < 1.29 is 22.7 Å². The smallest absolute Gasteiger partial charge is 0.422 e. The Bertz CT molecular complexity index is 592. The molecule has 0 aromatic heterocycles. The van der Waals surface area contributed by atoms with Gasteiger partial charge in [-0.05, 0) is 23.3 Å². The summed E-state index contributed by atoms with van der Waals surface area (Å²) < 4.78 is 41.0. The molecule has 0 saturated heterocycles. The van der Waals surface area contributed by atoms with Crippen molar-refractivity contribution in [1.82, 2.24) is 0 Å². The number of alkyl halides is 3. The minimum absolute atomic E-state index is 0.0722. The number of carbonyl (C=O) groups is 1. The molecule has 0 N–H and O–H groups in total. The van der Waals surface area contributed by atoms with Gasteiger partial charge in [-0.25, -0.2) is 0 Å². The molecule has 0 saturated carbocycles. The Hall–Kier alpha value is -2.30. The lowest BCUT2D eigenvalue weighted by atomic mass is 10.0. The molecule has 2 rings (SSSR count). The van der Waals surface area contributed by atoms with Crippen LogP contribution in [0.15, 0.2) is 48.5 Å². The molecule has 0 aliphatic carbocycles. The van der Waals surface area contributed by atoms with Crippen LogP contribution in [0.1, 0.15) is 10.4 Å². The molecule has 0 amide bonds. The van der Waals surface area contributed by atoms with Crippen molar-refractivity contribution in [3.8, 4) is 16.9 Å². The highest BCUT2D eigenvalue weighted by Gasteiger charge is 2.28. The number of aldehydes is 1. The van der Waals surface area contributed by atoms with E-state index in [9.17, 15) is 18.0 Å². The maximum atomic E-state index is 12.1. The van der Waals surface area contributed by atoms with Gasteiger partial charge < -0.3 is 4.74 Å². The summed E-state index contributed by atoms with van der Waals surface area (Å²) in [4.78, 5) is 11.0. The average Bonchev–Trinajstić information content (AvgIpc) is 2.45. The molecule has 0 aliphatic heterocycles. The number of halogens is 3. The third-order valence-corrected chi connectivity index (χ3v) is 2.64. The third kappa shape index (κ3) is 3.60. The van der Waals surface area contributed by atoms with Gasteiger partial charge in [0, 0.05) is 0 Å². The van der Waals surface area contributed by atoms with E-state index in [0.29, 0.717) is 6.29 Å². The van der Waals surface area contributed by atoms with E-state index in [1.807, 2.05) is 30.3 Å². The molecule has 0 unspecified atom stereocenters. The first kappa shape index (κ1) is 14.1. The van der Waals surface area contributed by atoms with Crippen LogP contribution in [-0.2, 0) is 0 Å². The molecular weight excluding hydrogens is 269 g/mol. The number of hydrogen-bond donors (Lipinski definition) is 0. The summed E-state index contributed by atoms with van der Waals surface area (Å²) in [6.45, 7) is -1.42. The molecule has 2 aromatic rings. The van der Waals surface area contributed by atoms with Crippen molar-refractivity contribution >= 4 is 6.29 Å². The Morgan fingerprint density at radius 2 is 1.70 bits per heavy atom. The zero-order valence-corrected chi connectivity index (χ0v) is 10.4. The van der Waals surface area contributed by atoms with Gasteiger partial charge in [0.1, 0.15) is 5.75 Å². The predicted octanol–water partition coefficient (Wildman–Crippen LogP) is 4.11. The summed E-state index contributed by atoms with van der Waals surface area (Å²) in [6.07, 6.45) is -3.95. The molecule has 0 aliphatic rings. The predicted molar refractivity (Wildman–Crippen MR) is 68.8 cm³/mol. The molecular formula is C15H11F3O2. The number of ether oxygens (including phenoxy) is 1. The van der Waals surface area contributed by atoms with Crippen LogP contribution >= 0.6 is 0 Å². The van der Waals surface area contributed by atoms with Crippen LogP contribution in [0.5, 0.6) is 5.75 Å². The molecule has 0 spiro atoms. The van der Waals surface area contributed by atoms with Crippen molar-refractivity contribution in [3.63, 3.8) is 0 Å². The maximum absolute atomic E-state index is 12.1. The first-order chi connectivity index (χ1) is 9.49. The normalized spacial score (nSPS) is 11.2. The lowest BCUT2D eigenvalue weighted by Crippen LogP contribution is -2.19. The van der Waals surface area contributed by atoms with Crippen molar-refractivity contribution in [2.75, 3.05) is 6.61 Å². The van der Waals surface area contributed by atoms with Gasteiger partial charge in [0.2, 0.25) is 0 Å². The maximum Gasteiger partial charge on any atom is 0.422 e. The largest absolute Gasteiger partial charge is 0.483 e. The summed E-state index contributed by atoms with van der Waals surface area (Å²) >= 11 is 0. The highest BCUT2D eigenvalue weighted by atomic mass is 19.4. The van der Waals surface area contributed by atoms with Crippen molar-refractivity contribution in [2.45, 2.75) is 6.18 Å². The Balaban J connectivity index is 2.27. The van der Waals surface area contributed by atoms with Gasteiger partial charge in [-0.15, -0.1) is 0 Å². The second-order valence-electron chi connectivity index (χ2n) is 4.14. The fraction of sp³-hybridized carbons (Fsp3) is 0.133. The Kier molecular flexibility index (Phi) is 4.08. The van der Waals surface area contributed by atoms with Crippen molar-refractivity contribution in [1.29, 1.82) is 0 Å². The fourth-order valence-corrected chi connectivity index (χ4v) is 1.74. The summed E-state index contributed by atoms with van der Waals surface area (Å²) in [5.74, 6) is -0.0722. The minimum Gasteiger partial charge on any atom is -0.483 e. The zero-order valence-electron chi connectivity index (χ0n) is 10.4. The summed E-state index contributed by atoms with van der Waals surface area (Å²) in [5, 5.41) is 0. The van der Waals surface area contributed by atoms with Crippen LogP contribution in [0.2, 0.25) is 0 Å². The van der Waals surface area contributed by atoms with Gasteiger partial charge in [-0.2, -0.15) is 13.2 Å².